The van der Waals surface area contributed by atoms with Gasteiger partial charge in [0.05, 0.1) is 11.0 Å². The Bertz CT molecular complexity index is 750. The number of rotatable bonds is 3. The maximum Gasteiger partial charge on any atom is 0.396 e. The van der Waals surface area contributed by atoms with E-state index in [2.05, 4.69) is 9.97 Å². The van der Waals surface area contributed by atoms with Crippen LogP contribution >= 0.6 is 0 Å². The van der Waals surface area contributed by atoms with E-state index in [4.69, 9.17) is 4.74 Å². The van der Waals surface area contributed by atoms with Gasteiger partial charge in [0, 0.05) is 6.07 Å². The Kier molecular flexibility index (Phi) is 3.29. The molecule has 0 aliphatic rings. The van der Waals surface area contributed by atoms with E-state index < -0.39 is 12.6 Å². The van der Waals surface area contributed by atoms with Gasteiger partial charge in [0.15, 0.2) is 0 Å². The van der Waals surface area contributed by atoms with Gasteiger partial charge in [0.2, 0.25) is 0 Å². The Morgan fingerprint density at radius 2 is 1.76 bits per heavy atom. The van der Waals surface area contributed by atoms with Crippen LogP contribution in [0, 0.1) is 0 Å². The number of nitrogens with one attached hydrogen (secondary N) is 1. The van der Waals surface area contributed by atoms with E-state index in [0.29, 0.717) is 22.5 Å². The van der Waals surface area contributed by atoms with E-state index in [0.717, 1.165) is 0 Å². The molecule has 0 saturated carbocycles. The maximum atomic E-state index is 12.4. The van der Waals surface area contributed by atoms with Crippen molar-refractivity contribution >= 4 is 11.0 Å². The van der Waals surface area contributed by atoms with Crippen molar-refractivity contribution in [3.05, 3.63) is 54.4 Å². The van der Waals surface area contributed by atoms with Crippen molar-refractivity contribution in [1.29, 1.82) is 0 Å². The quantitative estimate of drug-likeness (QED) is 0.774. The molecule has 2 aromatic carbocycles. The number of para-hydroxylation sites is 1. The second-order valence-electron chi connectivity index (χ2n) is 4.57. The van der Waals surface area contributed by atoms with Crippen LogP contribution in [-0.2, 0) is 6.42 Å². The van der Waals surface area contributed by atoms with Crippen molar-refractivity contribution in [3.63, 3.8) is 0 Å². The third kappa shape index (κ3) is 3.34. The maximum absolute atomic E-state index is 12.4. The van der Waals surface area contributed by atoms with Crippen LogP contribution in [0.4, 0.5) is 13.2 Å². The summed E-state index contributed by atoms with van der Waals surface area (Å²) in [4.78, 5) is 6.60. The Morgan fingerprint density at radius 1 is 1.00 bits per heavy atom. The molecule has 0 fully saturated rings. The lowest BCUT2D eigenvalue weighted by Gasteiger charge is -2.04. The van der Waals surface area contributed by atoms with E-state index in [1.165, 1.54) is 0 Å². The van der Waals surface area contributed by atoms with E-state index in [9.17, 15) is 13.2 Å². The average Bonchev–Trinajstić information content (AvgIpc) is 2.79. The van der Waals surface area contributed by atoms with Gasteiger partial charge >= 0.3 is 6.18 Å². The van der Waals surface area contributed by atoms with E-state index in [-0.39, 0.29) is 5.82 Å². The zero-order chi connectivity index (χ0) is 14.9. The van der Waals surface area contributed by atoms with Crippen molar-refractivity contribution in [2.75, 3.05) is 0 Å². The standard InChI is InChI=1S/C15H11F3N2O/c16-15(17,18)9-14-19-12-7-6-11(8-13(12)20-14)21-10-4-2-1-3-5-10/h1-8H,9H2,(H,19,20). The molecule has 6 heteroatoms. The Hall–Kier alpha value is -2.50. The highest BCUT2D eigenvalue weighted by atomic mass is 19.4. The summed E-state index contributed by atoms with van der Waals surface area (Å²) < 4.78 is 42.7. The van der Waals surface area contributed by atoms with Crippen molar-refractivity contribution in [1.82, 2.24) is 9.97 Å². The number of imidazole rings is 1. The number of ether oxygens (including phenoxy) is 1. The van der Waals surface area contributed by atoms with Crippen LogP contribution < -0.4 is 4.74 Å². The Balaban J connectivity index is 1.86. The second kappa shape index (κ2) is 5.12. The van der Waals surface area contributed by atoms with Crippen LogP contribution in [0.15, 0.2) is 48.5 Å². The molecule has 0 aliphatic heterocycles. The van der Waals surface area contributed by atoms with Crippen molar-refractivity contribution in [2.45, 2.75) is 12.6 Å². The lowest BCUT2D eigenvalue weighted by Crippen LogP contribution is -2.12. The Labute approximate surface area is 118 Å². The Morgan fingerprint density at radius 3 is 2.48 bits per heavy atom. The summed E-state index contributed by atoms with van der Waals surface area (Å²) >= 11 is 0. The first-order chi connectivity index (χ1) is 9.99. The molecule has 0 aliphatic carbocycles. The number of alkyl halides is 3. The predicted molar refractivity (Wildman–Crippen MR) is 72.4 cm³/mol. The first-order valence-corrected chi connectivity index (χ1v) is 6.28. The van der Waals surface area contributed by atoms with E-state index >= 15 is 0 Å². The highest BCUT2D eigenvalue weighted by Crippen LogP contribution is 2.26. The van der Waals surface area contributed by atoms with Crippen LogP contribution in [0.1, 0.15) is 5.82 Å². The number of H-pyrrole nitrogens is 1. The predicted octanol–water partition coefficient (Wildman–Crippen LogP) is 4.46. The van der Waals surface area contributed by atoms with E-state index in [1.54, 1.807) is 30.3 Å². The van der Waals surface area contributed by atoms with Gasteiger partial charge < -0.3 is 9.72 Å². The van der Waals surface area contributed by atoms with Gasteiger partial charge in [-0.25, -0.2) is 4.98 Å². The third-order valence-corrected chi connectivity index (χ3v) is 2.85. The molecule has 0 radical (unpaired) electrons. The molecule has 0 bridgehead atoms. The average molecular weight is 292 g/mol. The minimum absolute atomic E-state index is 0.102. The topological polar surface area (TPSA) is 37.9 Å². The molecule has 1 aromatic heterocycles. The summed E-state index contributed by atoms with van der Waals surface area (Å²) in [7, 11) is 0. The molecule has 0 atom stereocenters. The van der Waals surface area contributed by atoms with Crippen molar-refractivity contribution < 1.29 is 17.9 Å². The molecule has 0 spiro atoms. The van der Waals surface area contributed by atoms with Gasteiger partial charge in [0.1, 0.15) is 23.7 Å². The van der Waals surface area contributed by atoms with Crippen LogP contribution in [0.25, 0.3) is 11.0 Å². The van der Waals surface area contributed by atoms with Crippen LogP contribution in [-0.4, -0.2) is 16.1 Å². The number of aromatic nitrogens is 2. The normalized spacial score (nSPS) is 11.8. The van der Waals surface area contributed by atoms with Crippen LogP contribution in [0.3, 0.4) is 0 Å². The molecule has 3 aromatic rings. The highest BCUT2D eigenvalue weighted by Gasteiger charge is 2.29. The smallest absolute Gasteiger partial charge is 0.396 e. The number of halogens is 3. The number of hydrogen-bond donors (Lipinski definition) is 1. The molecule has 0 unspecified atom stereocenters. The largest absolute Gasteiger partial charge is 0.457 e. The zero-order valence-electron chi connectivity index (χ0n) is 10.8. The molecule has 108 valence electrons. The summed E-state index contributed by atoms with van der Waals surface area (Å²) in [6, 6.07) is 14.1. The summed E-state index contributed by atoms with van der Waals surface area (Å²) in [5.74, 6) is 1.08. The minimum atomic E-state index is -4.28. The number of hydrogen-bond acceptors (Lipinski definition) is 2. The fraction of sp³-hybridized carbons (Fsp3) is 0.133. The number of nitrogens with zero attached hydrogens (tertiary/aromatic N) is 1. The van der Waals surface area contributed by atoms with Gasteiger partial charge in [-0.2, -0.15) is 13.2 Å². The van der Waals surface area contributed by atoms with Gasteiger partial charge in [-0.15, -0.1) is 0 Å². The molecule has 3 rings (SSSR count). The molecule has 0 amide bonds. The van der Waals surface area contributed by atoms with Crippen molar-refractivity contribution in [3.8, 4) is 11.5 Å². The molecular weight excluding hydrogens is 281 g/mol. The lowest BCUT2D eigenvalue weighted by molar-refractivity contribution is -0.128. The van der Waals surface area contributed by atoms with Crippen molar-refractivity contribution in [2.24, 2.45) is 0 Å². The number of benzene rings is 2. The summed E-state index contributed by atoms with van der Waals surface area (Å²) in [5, 5.41) is 0. The van der Waals surface area contributed by atoms with Crippen LogP contribution in [0.5, 0.6) is 11.5 Å². The van der Waals surface area contributed by atoms with Gasteiger partial charge in [0.25, 0.3) is 0 Å². The number of fused-ring (bicyclic) bond motifs is 1. The summed E-state index contributed by atoms with van der Waals surface area (Å²) in [6.07, 6.45) is -5.35. The summed E-state index contributed by atoms with van der Waals surface area (Å²) in [5.41, 5.74) is 0.998. The third-order valence-electron chi connectivity index (χ3n) is 2.85. The fourth-order valence-electron chi connectivity index (χ4n) is 2.00. The number of aromatic amines is 1. The SMILES string of the molecule is FC(F)(F)Cc1nc2cc(Oc3ccccc3)ccc2[nH]1. The first kappa shape index (κ1) is 13.5. The minimum Gasteiger partial charge on any atom is -0.457 e. The van der Waals surface area contributed by atoms with Gasteiger partial charge in [-0.05, 0) is 24.3 Å². The monoisotopic (exact) mass is 292 g/mol. The fourth-order valence-corrected chi connectivity index (χ4v) is 2.00. The second-order valence-corrected chi connectivity index (χ2v) is 4.57. The lowest BCUT2D eigenvalue weighted by atomic mass is 10.3. The molecule has 3 nitrogen and oxygen atoms in total. The molecule has 1 N–H and O–H groups in total. The molecule has 0 saturated heterocycles. The molecule has 21 heavy (non-hydrogen) atoms. The highest BCUT2D eigenvalue weighted by molar-refractivity contribution is 5.76. The molecular formula is C15H11F3N2O. The van der Waals surface area contributed by atoms with Gasteiger partial charge in [-0.3, -0.25) is 0 Å². The zero-order valence-corrected chi connectivity index (χ0v) is 10.8. The molecule has 1 heterocycles. The first-order valence-electron chi connectivity index (χ1n) is 6.28. The van der Waals surface area contributed by atoms with Crippen LogP contribution in [0.2, 0.25) is 0 Å². The summed E-state index contributed by atoms with van der Waals surface area (Å²) in [6.45, 7) is 0. The van der Waals surface area contributed by atoms with Gasteiger partial charge in [-0.1, -0.05) is 18.2 Å². The van der Waals surface area contributed by atoms with E-state index in [1.807, 2.05) is 18.2 Å².